The highest BCUT2D eigenvalue weighted by Crippen LogP contribution is 2.20. The Balaban J connectivity index is 1.97. The smallest absolute Gasteiger partial charge is 0.268 e. The van der Waals surface area contributed by atoms with Crippen LogP contribution in [0.4, 0.5) is 5.69 Å². The van der Waals surface area contributed by atoms with Gasteiger partial charge in [-0.3, -0.25) is 14.8 Å². The van der Waals surface area contributed by atoms with E-state index in [4.69, 9.17) is 0 Å². The summed E-state index contributed by atoms with van der Waals surface area (Å²) in [5, 5.41) is 15.1. The highest BCUT2D eigenvalue weighted by molar-refractivity contribution is 9.10. The van der Waals surface area contributed by atoms with Gasteiger partial charge in [0.05, 0.1) is 20.0 Å². The molecule has 1 heterocycles. The third-order valence-corrected chi connectivity index (χ3v) is 6.08. The second-order valence-corrected chi connectivity index (χ2v) is 7.77. The summed E-state index contributed by atoms with van der Waals surface area (Å²) in [6.45, 7) is 4.59. The lowest BCUT2D eigenvalue weighted by atomic mass is 10.3. The van der Waals surface area contributed by atoms with Crippen LogP contribution in [-0.2, 0) is 16.6 Å². The summed E-state index contributed by atoms with van der Waals surface area (Å²) in [5.41, 5.74) is 1.60. The maximum Gasteiger partial charge on any atom is 0.270 e. The van der Waals surface area contributed by atoms with Crippen molar-refractivity contribution in [3.8, 4) is 0 Å². The molecule has 8 nitrogen and oxygen atoms in total. The summed E-state index contributed by atoms with van der Waals surface area (Å²) in [4.78, 5) is 9.99. The van der Waals surface area contributed by atoms with Crippen molar-refractivity contribution in [2.75, 3.05) is 6.54 Å². The average Bonchev–Trinajstić information content (AvgIpc) is 2.79. The number of halogens is 1. The van der Waals surface area contributed by atoms with E-state index < -0.39 is 14.9 Å². The quantitative estimate of drug-likeness (QED) is 0.423. The first kappa shape index (κ1) is 18.6. The Morgan fingerprint density at radius 3 is 2.67 bits per heavy atom. The molecule has 130 valence electrons. The first-order valence-electron chi connectivity index (χ1n) is 7.16. The topological polar surface area (TPSA) is 107 Å². The number of nitro groups is 1. The summed E-state index contributed by atoms with van der Waals surface area (Å²) in [7, 11) is -3.78. The zero-order chi connectivity index (χ0) is 17.9. The molecule has 0 atom stereocenters. The van der Waals surface area contributed by atoms with E-state index >= 15 is 0 Å². The Morgan fingerprint density at radius 2 is 2.08 bits per heavy atom. The van der Waals surface area contributed by atoms with Gasteiger partial charge in [-0.25, -0.2) is 13.1 Å². The van der Waals surface area contributed by atoms with Crippen LogP contribution in [0, 0.1) is 24.0 Å². The molecule has 0 saturated heterocycles. The van der Waals surface area contributed by atoms with Crippen LogP contribution in [0.2, 0.25) is 0 Å². The monoisotopic (exact) mass is 416 g/mol. The van der Waals surface area contributed by atoms with Gasteiger partial charge < -0.3 is 0 Å². The van der Waals surface area contributed by atoms with E-state index in [0.29, 0.717) is 13.0 Å². The maximum absolute atomic E-state index is 12.2. The van der Waals surface area contributed by atoms with Crippen molar-refractivity contribution in [1.29, 1.82) is 0 Å². The lowest BCUT2D eigenvalue weighted by molar-refractivity contribution is -0.385. The van der Waals surface area contributed by atoms with Crippen molar-refractivity contribution in [1.82, 2.24) is 14.5 Å². The number of hydrogen-bond acceptors (Lipinski definition) is 5. The van der Waals surface area contributed by atoms with Crippen LogP contribution in [0.5, 0.6) is 0 Å². The highest BCUT2D eigenvalue weighted by atomic mass is 79.9. The molecule has 0 fully saturated rings. The Hall–Kier alpha value is -1.78. The normalized spacial score (nSPS) is 11.6. The van der Waals surface area contributed by atoms with Gasteiger partial charge in [0, 0.05) is 30.9 Å². The Kier molecular flexibility index (Phi) is 5.73. The van der Waals surface area contributed by atoms with E-state index in [1.54, 1.807) is 4.68 Å². The highest BCUT2D eigenvalue weighted by Gasteiger charge is 2.17. The molecule has 0 unspecified atom stereocenters. The minimum absolute atomic E-state index is 0.120. The van der Waals surface area contributed by atoms with E-state index in [-0.39, 0.29) is 17.1 Å². The molecule has 1 aromatic carbocycles. The second kappa shape index (κ2) is 7.41. The molecule has 0 aliphatic carbocycles. The van der Waals surface area contributed by atoms with Crippen LogP contribution < -0.4 is 4.72 Å². The van der Waals surface area contributed by atoms with Crippen molar-refractivity contribution in [2.45, 2.75) is 31.7 Å². The Bertz CT molecular complexity index is 864. The number of hydrogen-bond donors (Lipinski definition) is 1. The molecule has 0 aliphatic heterocycles. The van der Waals surface area contributed by atoms with Crippen molar-refractivity contribution in [3.63, 3.8) is 0 Å². The zero-order valence-electron chi connectivity index (χ0n) is 13.2. The SMILES string of the molecule is Cc1nn(CCCNS(=O)(=O)c2cccc([N+](=O)[O-])c2)c(C)c1Br. The number of rotatable bonds is 7. The third kappa shape index (κ3) is 4.19. The number of nitro benzene ring substituents is 1. The van der Waals surface area contributed by atoms with Crippen molar-refractivity contribution in [3.05, 3.63) is 50.2 Å². The molecule has 1 aromatic heterocycles. The average molecular weight is 417 g/mol. The zero-order valence-corrected chi connectivity index (χ0v) is 15.6. The molecule has 2 aromatic rings. The fourth-order valence-corrected chi connectivity index (χ4v) is 3.57. The molecule has 0 bridgehead atoms. The number of nitrogens with one attached hydrogen (secondary N) is 1. The number of aromatic nitrogens is 2. The van der Waals surface area contributed by atoms with Gasteiger partial charge >= 0.3 is 0 Å². The lowest BCUT2D eigenvalue weighted by Gasteiger charge is -2.08. The first-order chi connectivity index (χ1) is 11.2. The molecule has 10 heteroatoms. The molecule has 1 N–H and O–H groups in total. The van der Waals surface area contributed by atoms with Gasteiger partial charge in [0.25, 0.3) is 5.69 Å². The van der Waals surface area contributed by atoms with Gasteiger partial charge in [-0.05, 0) is 42.3 Å². The summed E-state index contributed by atoms with van der Waals surface area (Å²) in [5.74, 6) is 0. The van der Waals surface area contributed by atoms with E-state index in [1.165, 1.54) is 18.2 Å². The van der Waals surface area contributed by atoms with Crippen LogP contribution in [0.15, 0.2) is 33.6 Å². The van der Waals surface area contributed by atoms with E-state index in [2.05, 4.69) is 25.8 Å². The number of sulfonamides is 1. The van der Waals surface area contributed by atoms with Gasteiger partial charge in [-0.2, -0.15) is 5.10 Å². The van der Waals surface area contributed by atoms with Crippen LogP contribution in [0.1, 0.15) is 17.8 Å². The van der Waals surface area contributed by atoms with Crippen molar-refractivity contribution < 1.29 is 13.3 Å². The molecular formula is C14H17BrN4O4S. The number of non-ortho nitro benzene ring substituents is 1. The molecule has 0 aliphatic rings. The largest absolute Gasteiger partial charge is 0.270 e. The molecule has 0 radical (unpaired) electrons. The number of benzene rings is 1. The van der Waals surface area contributed by atoms with E-state index in [1.807, 2.05) is 13.8 Å². The molecule has 0 amide bonds. The summed E-state index contributed by atoms with van der Waals surface area (Å²) in [6.07, 6.45) is 0.544. The van der Waals surface area contributed by atoms with E-state index in [9.17, 15) is 18.5 Å². The standard InChI is InChI=1S/C14H17BrN4O4S/c1-10-14(15)11(2)18(17-10)8-4-7-16-24(22,23)13-6-3-5-12(9-13)19(20)21/h3,5-6,9,16H,4,7-8H2,1-2H3. The third-order valence-electron chi connectivity index (χ3n) is 3.47. The van der Waals surface area contributed by atoms with Gasteiger partial charge in [0.2, 0.25) is 10.0 Å². The van der Waals surface area contributed by atoms with Crippen molar-refractivity contribution in [2.24, 2.45) is 0 Å². The predicted octanol–water partition coefficient (Wildman–Crippen LogP) is 2.54. The Labute approximate surface area is 148 Å². The van der Waals surface area contributed by atoms with Crippen molar-refractivity contribution >= 4 is 31.6 Å². The van der Waals surface area contributed by atoms with Crippen LogP contribution in [0.3, 0.4) is 0 Å². The molecule has 0 saturated carbocycles. The molecule has 2 rings (SSSR count). The van der Waals surface area contributed by atoms with Gasteiger partial charge in [0.1, 0.15) is 0 Å². The summed E-state index contributed by atoms with van der Waals surface area (Å²) in [6, 6.07) is 4.97. The van der Waals surface area contributed by atoms with E-state index in [0.717, 1.165) is 21.9 Å². The van der Waals surface area contributed by atoms with Gasteiger partial charge in [-0.15, -0.1) is 0 Å². The number of nitrogens with zero attached hydrogens (tertiary/aromatic N) is 3. The first-order valence-corrected chi connectivity index (χ1v) is 9.43. The predicted molar refractivity (Wildman–Crippen MR) is 92.3 cm³/mol. The minimum atomic E-state index is -3.78. The van der Waals surface area contributed by atoms with Gasteiger partial charge in [0.15, 0.2) is 0 Å². The summed E-state index contributed by atoms with van der Waals surface area (Å²) >= 11 is 3.44. The van der Waals surface area contributed by atoms with Crippen LogP contribution >= 0.6 is 15.9 Å². The number of aryl methyl sites for hydroxylation is 2. The minimum Gasteiger partial charge on any atom is -0.268 e. The lowest BCUT2D eigenvalue weighted by Crippen LogP contribution is -2.25. The fourth-order valence-electron chi connectivity index (χ4n) is 2.18. The van der Waals surface area contributed by atoms with Crippen LogP contribution in [-0.4, -0.2) is 29.7 Å². The molecule has 0 spiro atoms. The molecular weight excluding hydrogens is 400 g/mol. The fraction of sp³-hybridized carbons (Fsp3) is 0.357. The molecule has 24 heavy (non-hydrogen) atoms. The maximum atomic E-state index is 12.2. The Morgan fingerprint density at radius 1 is 1.38 bits per heavy atom. The summed E-state index contributed by atoms with van der Waals surface area (Å²) < 4.78 is 29.6. The van der Waals surface area contributed by atoms with Gasteiger partial charge in [-0.1, -0.05) is 6.07 Å². The van der Waals surface area contributed by atoms with Crippen LogP contribution in [0.25, 0.3) is 0 Å². The second-order valence-electron chi connectivity index (χ2n) is 5.21.